The van der Waals surface area contributed by atoms with Gasteiger partial charge < -0.3 is 5.73 Å². The summed E-state index contributed by atoms with van der Waals surface area (Å²) in [6, 6.07) is 6.15. The zero-order valence-corrected chi connectivity index (χ0v) is 13.8. The van der Waals surface area contributed by atoms with E-state index in [1.54, 1.807) is 0 Å². The average Bonchev–Trinajstić information content (AvgIpc) is 2.85. The molecule has 0 atom stereocenters. The van der Waals surface area contributed by atoms with Crippen LogP contribution in [0, 0.1) is 10.5 Å². The van der Waals surface area contributed by atoms with Crippen molar-refractivity contribution in [3.05, 3.63) is 27.3 Å². The first-order valence-electron chi connectivity index (χ1n) is 5.79. The summed E-state index contributed by atoms with van der Waals surface area (Å²) in [6.45, 7) is 2.04. The van der Waals surface area contributed by atoms with Crippen molar-refractivity contribution in [1.82, 2.24) is 24.6 Å². The Kier molecular flexibility index (Phi) is 3.50. The number of hydrogen-bond donors (Lipinski definition) is 1. The third kappa shape index (κ3) is 2.33. The Hall–Kier alpha value is -1.42. The number of nitrogens with two attached hydrogens (primary N) is 1. The van der Waals surface area contributed by atoms with Crippen molar-refractivity contribution >= 4 is 46.1 Å². The first-order chi connectivity index (χ1) is 9.58. The Bertz CT molecular complexity index is 800. The Morgan fingerprint density at radius 2 is 2.05 bits per heavy atom. The minimum absolute atomic E-state index is 0.292. The second-order valence-corrected chi connectivity index (χ2v) is 6.13. The quantitative estimate of drug-likeness (QED) is 0.528. The number of rotatable bonds is 2. The highest BCUT2D eigenvalue weighted by atomic mass is 127. The minimum Gasteiger partial charge on any atom is -0.368 e. The minimum atomic E-state index is 0.292. The first-order valence-corrected chi connectivity index (χ1v) is 8.09. The maximum absolute atomic E-state index is 5.89. The van der Waals surface area contributed by atoms with Crippen LogP contribution in [-0.4, -0.2) is 30.8 Å². The van der Waals surface area contributed by atoms with Crippen LogP contribution < -0.4 is 5.73 Å². The number of halogens is 1. The highest BCUT2D eigenvalue weighted by Gasteiger charge is 2.14. The van der Waals surface area contributed by atoms with Crippen LogP contribution in [0.1, 0.15) is 5.56 Å². The van der Waals surface area contributed by atoms with Crippen molar-refractivity contribution in [2.75, 3.05) is 12.0 Å². The smallest absolute Gasteiger partial charge is 0.258 e. The van der Waals surface area contributed by atoms with E-state index < -0.39 is 0 Å². The number of aromatic nitrogens is 5. The van der Waals surface area contributed by atoms with Crippen molar-refractivity contribution in [1.29, 1.82) is 0 Å². The second kappa shape index (κ2) is 5.17. The predicted octanol–water partition coefficient (Wildman–Crippen LogP) is 2.40. The number of hydrogen-bond acceptors (Lipinski definition) is 6. The molecule has 3 rings (SSSR count). The van der Waals surface area contributed by atoms with E-state index in [2.05, 4.69) is 54.8 Å². The molecular formula is C12H11IN6S. The number of nitrogen functional groups attached to an aromatic ring is 1. The van der Waals surface area contributed by atoms with E-state index in [-0.39, 0.29) is 0 Å². The molecule has 0 aliphatic rings. The van der Waals surface area contributed by atoms with Gasteiger partial charge in [0.1, 0.15) is 0 Å². The van der Waals surface area contributed by atoms with E-state index in [1.165, 1.54) is 16.3 Å². The lowest BCUT2D eigenvalue weighted by Gasteiger charge is -2.00. The van der Waals surface area contributed by atoms with Gasteiger partial charge in [-0.2, -0.15) is 19.5 Å². The number of anilines is 1. The molecule has 0 saturated carbocycles. The molecule has 2 heterocycles. The van der Waals surface area contributed by atoms with Crippen LogP contribution in [0.3, 0.4) is 0 Å². The Balaban J connectivity index is 2.22. The maximum atomic E-state index is 5.89. The van der Waals surface area contributed by atoms with Crippen molar-refractivity contribution in [3.63, 3.8) is 0 Å². The van der Waals surface area contributed by atoms with Crippen molar-refractivity contribution < 1.29 is 0 Å². The monoisotopic (exact) mass is 398 g/mol. The summed E-state index contributed by atoms with van der Waals surface area (Å²) in [7, 11) is 0. The molecule has 2 aromatic heterocycles. The van der Waals surface area contributed by atoms with Gasteiger partial charge in [-0.15, -0.1) is 5.10 Å². The van der Waals surface area contributed by atoms with Gasteiger partial charge in [0.15, 0.2) is 11.0 Å². The fourth-order valence-corrected chi connectivity index (χ4v) is 2.74. The Labute approximate surface area is 133 Å². The van der Waals surface area contributed by atoms with Crippen LogP contribution in [0.2, 0.25) is 0 Å². The lowest BCUT2D eigenvalue weighted by atomic mass is 10.1. The van der Waals surface area contributed by atoms with Crippen LogP contribution >= 0.6 is 34.4 Å². The molecule has 0 aliphatic heterocycles. The molecule has 0 spiro atoms. The summed E-state index contributed by atoms with van der Waals surface area (Å²) in [4.78, 5) is 12.9. The third-order valence-corrected chi connectivity index (χ3v) is 4.25. The molecule has 2 N–H and O–H groups in total. The molecule has 0 unspecified atom stereocenters. The molecule has 20 heavy (non-hydrogen) atoms. The molecule has 0 fully saturated rings. The van der Waals surface area contributed by atoms with Crippen LogP contribution in [0.25, 0.3) is 17.2 Å². The SMILES string of the molecule is CSc1nc(N)n2nc(-c3cc(C)ccc3I)nc2n1. The third-order valence-electron chi connectivity index (χ3n) is 2.76. The fourth-order valence-electron chi connectivity index (χ4n) is 1.80. The molecule has 0 radical (unpaired) electrons. The summed E-state index contributed by atoms with van der Waals surface area (Å²) in [5.74, 6) is 1.37. The number of fused-ring (bicyclic) bond motifs is 1. The lowest BCUT2D eigenvalue weighted by molar-refractivity contribution is 0.851. The second-order valence-electron chi connectivity index (χ2n) is 4.20. The van der Waals surface area contributed by atoms with E-state index >= 15 is 0 Å². The Morgan fingerprint density at radius 1 is 1.25 bits per heavy atom. The molecule has 6 nitrogen and oxygen atoms in total. The van der Waals surface area contributed by atoms with E-state index in [0.29, 0.717) is 22.7 Å². The van der Waals surface area contributed by atoms with E-state index in [9.17, 15) is 0 Å². The van der Waals surface area contributed by atoms with Crippen LogP contribution in [0.15, 0.2) is 23.4 Å². The normalized spacial score (nSPS) is 11.2. The number of aryl methyl sites for hydroxylation is 1. The van der Waals surface area contributed by atoms with Gasteiger partial charge in [-0.1, -0.05) is 23.4 Å². The van der Waals surface area contributed by atoms with Crippen molar-refractivity contribution in [2.45, 2.75) is 12.1 Å². The first kappa shape index (κ1) is 13.6. The van der Waals surface area contributed by atoms with E-state index in [4.69, 9.17) is 5.73 Å². The molecular weight excluding hydrogens is 387 g/mol. The standard InChI is InChI=1S/C12H11IN6S/c1-6-3-4-8(13)7(5-6)9-15-11-17-12(20-2)16-10(14)19(11)18-9/h3-5H,1-2H3,(H2,14,15,16,17,18). The van der Waals surface area contributed by atoms with Crippen LogP contribution in [0.5, 0.6) is 0 Å². The number of nitrogens with zero attached hydrogens (tertiary/aromatic N) is 5. The average molecular weight is 398 g/mol. The number of thioether (sulfide) groups is 1. The molecule has 102 valence electrons. The van der Waals surface area contributed by atoms with Crippen LogP contribution in [0.4, 0.5) is 5.95 Å². The van der Waals surface area contributed by atoms with E-state index in [0.717, 1.165) is 14.7 Å². The molecule has 8 heteroatoms. The van der Waals surface area contributed by atoms with Gasteiger partial charge >= 0.3 is 0 Å². The van der Waals surface area contributed by atoms with Gasteiger partial charge in [-0.25, -0.2) is 0 Å². The molecule has 0 bridgehead atoms. The van der Waals surface area contributed by atoms with Gasteiger partial charge in [-0.3, -0.25) is 0 Å². The van der Waals surface area contributed by atoms with Gasteiger partial charge in [0, 0.05) is 9.13 Å². The van der Waals surface area contributed by atoms with Gasteiger partial charge in [0.2, 0.25) is 5.95 Å². The zero-order valence-electron chi connectivity index (χ0n) is 10.8. The molecule has 0 saturated heterocycles. The number of benzene rings is 1. The molecule has 0 amide bonds. The molecule has 3 aromatic rings. The summed E-state index contributed by atoms with van der Waals surface area (Å²) >= 11 is 3.69. The lowest BCUT2D eigenvalue weighted by Crippen LogP contribution is -2.04. The van der Waals surface area contributed by atoms with Crippen molar-refractivity contribution in [2.24, 2.45) is 0 Å². The van der Waals surface area contributed by atoms with Gasteiger partial charge in [0.25, 0.3) is 5.78 Å². The highest BCUT2D eigenvalue weighted by Crippen LogP contribution is 2.24. The van der Waals surface area contributed by atoms with E-state index in [1.807, 2.05) is 19.2 Å². The maximum Gasteiger partial charge on any atom is 0.258 e. The largest absolute Gasteiger partial charge is 0.368 e. The van der Waals surface area contributed by atoms with Crippen LogP contribution in [-0.2, 0) is 0 Å². The summed E-state index contributed by atoms with van der Waals surface area (Å²) in [5, 5.41) is 4.99. The highest BCUT2D eigenvalue weighted by molar-refractivity contribution is 14.1. The summed E-state index contributed by atoms with van der Waals surface area (Å²) in [5.41, 5.74) is 8.02. The summed E-state index contributed by atoms with van der Waals surface area (Å²) in [6.07, 6.45) is 1.89. The topological polar surface area (TPSA) is 82.0 Å². The molecule has 1 aromatic carbocycles. The summed E-state index contributed by atoms with van der Waals surface area (Å²) < 4.78 is 2.55. The zero-order chi connectivity index (χ0) is 14.3. The van der Waals surface area contributed by atoms with Gasteiger partial charge in [-0.05, 0) is 47.9 Å². The van der Waals surface area contributed by atoms with Crippen molar-refractivity contribution in [3.8, 4) is 11.4 Å². The fraction of sp³-hybridized carbons (Fsp3) is 0.167. The Morgan fingerprint density at radius 3 is 2.80 bits per heavy atom. The molecule has 0 aliphatic carbocycles. The predicted molar refractivity (Wildman–Crippen MR) is 87.7 cm³/mol. The van der Waals surface area contributed by atoms with Gasteiger partial charge in [0.05, 0.1) is 0 Å².